The first-order valence-electron chi connectivity index (χ1n) is 6.75. The molecular formula is C15H23ClN2. The summed E-state index contributed by atoms with van der Waals surface area (Å²) < 4.78 is 0. The maximum atomic E-state index is 6.00. The summed E-state index contributed by atoms with van der Waals surface area (Å²) in [6.07, 6.45) is 3.73. The quantitative estimate of drug-likeness (QED) is 0.905. The van der Waals surface area contributed by atoms with E-state index in [0.717, 1.165) is 11.6 Å². The normalized spacial score (nSPS) is 25.9. The van der Waals surface area contributed by atoms with E-state index >= 15 is 0 Å². The number of hydrogen-bond acceptors (Lipinski definition) is 2. The van der Waals surface area contributed by atoms with Crippen molar-refractivity contribution in [3.63, 3.8) is 0 Å². The van der Waals surface area contributed by atoms with Crippen LogP contribution in [-0.4, -0.2) is 38.6 Å². The zero-order valence-electron chi connectivity index (χ0n) is 11.4. The Morgan fingerprint density at radius 1 is 1.22 bits per heavy atom. The molecule has 2 rings (SSSR count). The Morgan fingerprint density at radius 3 is 2.61 bits per heavy atom. The molecule has 0 amide bonds. The Kier molecular flexibility index (Phi) is 4.66. The van der Waals surface area contributed by atoms with Gasteiger partial charge in [-0.25, -0.2) is 0 Å². The van der Waals surface area contributed by atoms with Crippen LogP contribution in [0.4, 0.5) is 0 Å². The minimum atomic E-state index is 0.268. The van der Waals surface area contributed by atoms with E-state index in [2.05, 4.69) is 29.4 Å². The fraction of sp³-hybridized carbons (Fsp3) is 0.600. The summed E-state index contributed by atoms with van der Waals surface area (Å²) in [5.41, 5.74) is 1.70. The molecule has 1 saturated heterocycles. The van der Waals surface area contributed by atoms with E-state index in [-0.39, 0.29) is 5.41 Å². The number of likely N-dealkylation sites (tertiary alicyclic amines) is 1. The van der Waals surface area contributed by atoms with Crippen molar-refractivity contribution in [1.82, 2.24) is 10.2 Å². The molecule has 1 aromatic rings. The van der Waals surface area contributed by atoms with E-state index in [9.17, 15) is 0 Å². The third kappa shape index (κ3) is 3.05. The van der Waals surface area contributed by atoms with E-state index in [1.54, 1.807) is 0 Å². The highest BCUT2D eigenvalue weighted by molar-refractivity contribution is 6.30. The van der Waals surface area contributed by atoms with Crippen LogP contribution in [0.15, 0.2) is 24.3 Å². The van der Waals surface area contributed by atoms with Crippen LogP contribution in [0.3, 0.4) is 0 Å². The molecular weight excluding hydrogens is 244 g/mol. The molecule has 18 heavy (non-hydrogen) atoms. The summed E-state index contributed by atoms with van der Waals surface area (Å²) in [6.45, 7) is 3.42. The van der Waals surface area contributed by atoms with E-state index in [1.807, 2.05) is 19.2 Å². The molecule has 0 spiro atoms. The van der Waals surface area contributed by atoms with Crippen molar-refractivity contribution in [1.29, 1.82) is 0 Å². The standard InChI is InChI=1S/C15H23ClN2/c1-17-12-15(8-3-10-18(2)11-9-15)13-4-6-14(16)7-5-13/h4-7,17H,3,8-12H2,1-2H3. The molecule has 100 valence electrons. The van der Waals surface area contributed by atoms with Crippen LogP contribution in [0.2, 0.25) is 5.02 Å². The largest absolute Gasteiger partial charge is 0.319 e. The van der Waals surface area contributed by atoms with Crippen LogP contribution in [0, 0.1) is 0 Å². The molecule has 0 aliphatic carbocycles. The maximum absolute atomic E-state index is 6.00. The summed E-state index contributed by atoms with van der Waals surface area (Å²) >= 11 is 6.00. The Balaban J connectivity index is 2.27. The van der Waals surface area contributed by atoms with E-state index in [0.29, 0.717) is 0 Å². The molecule has 1 atom stereocenters. The van der Waals surface area contributed by atoms with Gasteiger partial charge in [0.15, 0.2) is 0 Å². The van der Waals surface area contributed by atoms with E-state index in [4.69, 9.17) is 11.6 Å². The monoisotopic (exact) mass is 266 g/mol. The van der Waals surface area contributed by atoms with Gasteiger partial charge in [-0.15, -0.1) is 0 Å². The summed E-state index contributed by atoms with van der Waals surface area (Å²) in [5, 5.41) is 4.21. The molecule has 0 saturated carbocycles. The summed E-state index contributed by atoms with van der Waals surface area (Å²) in [5.74, 6) is 0. The second-order valence-electron chi connectivity index (χ2n) is 5.47. The highest BCUT2D eigenvalue weighted by Gasteiger charge is 2.33. The number of hydrogen-bond donors (Lipinski definition) is 1. The van der Waals surface area contributed by atoms with Crippen molar-refractivity contribution >= 4 is 11.6 Å². The lowest BCUT2D eigenvalue weighted by Crippen LogP contribution is -2.37. The van der Waals surface area contributed by atoms with Gasteiger partial charge in [-0.05, 0) is 64.1 Å². The Morgan fingerprint density at radius 2 is 1.94 bits per heavy atom. The lowest BCUT2D eigenvalue weighted by Gasteiger charge is -2.33. The second kappa shape index (κ2) is 6.05. The minimum Gasteiger partial charge on any atom is -0.319 e. The van der Waals surface area contributed by atoms with Crippen LogP contribution >= 0.6 is 11.6 Å². The average Bonchev–Trinajstić information content (AvgIpc) is 2.54. The minimum absolute atomic E-state index is 0.268. The Hall–Kier alpha value is -0.570. The van der Waals surface area contributed by atoms with Gasteiger partial charge >= 0.3 is 0 Å². The lowest BCUT2D eigenvalue weighted by molar-refractivity contribution is 0.322. The molecule has 1 unspecified atom stereocenters. The third-order valence-corrected chi connectivity index (χ3v) is 4.39. The zero-order chi connectivity index (χ0) is 13.0. The Labute approximate surface area is 115 Å². The average molecular weight is 267 g/mol. The smallest absolute Gasteiger partial charge is 0.0406 e. The van der Waals surface area contributed by atoms with Gasteiger partial charge in [0, 0.05) is 17.0 Å². The molecule has 1 aliphatic heterocycles. The summed E-state index contributed by atoms with van der Waals surface area (Å²) in [4.78, 5) is 2.44. The number of nitrogens with one attached hydrogen (secondary N) is 1. The van der Waals surface area contributed by atoms with Crippen molar-refractivity contribution in [3.05, 3.63) is 34.9 Å². The van der Waals surface area contributed by atoms with Crippen molar-refractivity contribution in [2.45, 2.75) is 24.7 Å². The van der Waals surface area contributed by atoms with Crippen molar-refractivity contribution in [2.75, 3.05) is 33.7 Å². The van der Waals surface area contributed by atoms with Gasteiger partial charge in [0.2, 0.25) is 0 Å². The van der Waals surface area contributed by atoms with Gasteiger partial charge in [-0.1, -0.05) is 23.7 Å². The van der Waals surface area contributed by atoms with Crippen molar-refractivity contribution < 1.29 is 0 Å². The topological polar surface area (TPSA) is 15.3 Å². The number of benzene rings is 1. The van der Waals surface area contributed by atoms with Crippen LogP contribution in [0.5, 0.6) is 0 Å². The third-order valence-electron chi connectivity index (χ3n) is 4.14. The molecule has 3 heteroatoms. The van der Waals surface area contributed by atoms with Gasteiger partial charge in [0.05, 0.1) is 0 Å². The van der Waals surface area contributed by atoms with Gasteiger partial charge < -0.3 is 10.2 Å². The van der Waals surface area contributed by atoms with Gasteiger partial charge in [0.1, 0.15) is 0 Å². The van der Waals surface area contributed by atoms with Gasteiger partial charge in [-0.2, -0.15) is 0 Å². The predicted octanol–water partition coefficient (Wildman–Crippen LogP) is 2.91. The fourth-order valence-corrected chi connectivity index (χ4v) is 3.16. The molecule has 0 radical (unpaired) electrons. The highest BCUT2D eigenvalue weighted by atomic mass is 35.5. The molecule has 2 nitrogen and oxygen atoms in total. The maximum Gasteiger partial charge on any atom is 0.0406 e. The first-order valence-corrected chi connectivity index (χ1v) is 7.13. The molecule has 0 aromatic heterocycles. The van der Waals surface area contributed by atoms with Crippen LogP contribution < -0.4 is 5.32 Å². The first-order chi connectivity index (χ1) is 8.66. The van der Waals surface area contributed by atoms with Crippen LogP contribution in [-0.2, 0) is 5.41 Å². The molecule has 1 aliphatic rings. The molecule has 1 N–H and O–H groups in total. The fourth-order valence-electron chi connectivity index (χ4n) is 3.04. The zero-order valence-corrected chi connectivity index (χ0v) is 12.1. The number of likely N-dealkylation sites (N-methyl/N-ethyl adjacent to an activating group) is 1. The van der Waals surface area contributed by atoms with Crippen LogP contribution in [0.1, 0.15) is 24.8 Å². The van der Waals surface area contributed by atoms with E-state index in [1.165, 1.54) is 37.9 Å². The molecule has 1 heterocycles. The van der Waals surface area contributed by atoms with Gasteiger partial charge in [-0.3, -0.25) is 0 Å². The Bertz CT molecular complexity index is 377. The first kappa shape index (κ1) is 13.9. The van der Waals surface area contributed by atoms with Gasteiger partial charge in [0.25, 0.3) is 0 Å². The number of halogens is 1. The van der Waals surface area contributed by atoms with Crippen molar-refractivity contribution in [3.8, 4) is 0 Å². The van der Waals surface area contributed by atoms with Crippen LogP contribution in [0.25, 0.3) is 0 Å². The molecule has 0 bridgehead atoms. The lowest BCUT2D eigenvalue weighted by atomic mass is 9.74. The molecule has 1 aromatic carbocycles. The number of rotatable bonds is 3. The molecule has 1 fully saturated rings. The summed E-state index contributed by atoms with van der Waals surface area (Å²) in [7, 11) is 4.27. The number of nitrogens with zero attached hydrogens (tertiary/aromatic N) is 1. The summed E-state index contributed by atoms with van der Waals surface area (Å²) in [6, 6.07) is 8.43. The van der Waals surface area contributed by atoms with E-state index < -0.39 is 0 Å². The predicted molar refractivity (Wildman–Crippen MR) is 78.4 cm³/mol. The van der Waals surface area contributed by atoms with Crippen molar-refractivity contribution in [2.24, 2.45) is 0 Å². The highest BCUT2D eigenvalue weighted by Crippen LogP contribution is 2.35. The second-order valence-corrected chi connectivity index (χ2v) is 5.91. The SMILES string of the molecule is CNCC1(c2ccc(Cl)cc2)CCCN(C)CC1.